The minimum absolute atomic E-state index is 0.470. The van der Waals surface area contributed by atoms with Crippen LogP contribution in [0.15, 0.2) is 59.5 Å². The summed E-state index contributed by atoms with van der Waals surface area (Å²) in [4.78, 5) is 0. The molecule has 0 bridgehead atoms. The average Bonchev–Trinajstić information content (AvgIpc) is 2.91. The number of hydrogen-bond acceptors (Lipinski definition) is 3. The predicted octanol–water partition coefficient (Wildman–Crippen LogP) is 2.31. The maximum atomic E-state index is 10.1. The standard InChI is InChI=1S/3C5H9O.C5H5.Zr/c3*1-3-4-5(2)6;1-2-4-5-3-1;/h3*3,5H,1,4H2,2H3;1-3H,4H2;/q3*-1;;+3. The van der Waals surface area contributed by atoms with E-state index in [9.17, 15) is 15.3 Å². The fourth-order valence-corrected chi connectivity index (χ4v) is 1.68. The van der Waals surface area contributed by atoms with Gasteiger partial charge < -0.3 is 15.3 Å². The second-order valence-electron chi connectivity index (χ2n) is 5.33. The van der Waals surface area contributed by atoms with Gasteiger partial charge in [-0.1, -0.05) is 39.0 Å². The van der Waals surface area contributed by atoms with Gasteiger partial charge in [0.05, 0.1) is 0 Å². The summed E-state index contributed by atoms with van der Waals surface area (Å²) in [6, 6.07) is 0. The van der Waals surface area contributed by atoms with E-state index in [4.69, 9.17) is 0 Å². The molecule has 0 radical (unpaired) electrons. The normalized spacial score (nSPS) is 14.9. The van der Waals surface area contributed by atoms with Crippen molar-refractivity contribution >= 4 is 0 Å². The first-order valence-electron chi connectivity index (χ1n) is 8.08. The molecule has 3 unspecified atom stereocenters. The number of allylic oxidation sites excluding steroid dienone is 4. The van der Waals surface area contributed by atoms with Gasteiger partial charge in [-0.05, 0) is 19.3 Å². The molecule has 0 spiro atoms. The van der Waals surface area contributed by atoms with Crippen LogP contribution in [0.5, 0.6) is 0 Å². The second-order valence-corrected chi connectivity index (χ2v) is 6.91. The van der Waals surface area contributed by atoms with Crippen molar-refractivity contribution in [3.8, 4) is 0 Å². The van der Waals surface area contributed by atoms with E-state index in [0.717, 1.165) is 0 Å². The van der Waals surface area contributed by atoms with Crippen molar-refractivity contribution < 1.29 is 40.0 Å². The van der Waals surface area contributed by atoms with E-state index in [-0.39, 0.29) is 0 Å². The summed E-state index contributed by atoms with van der Waals surface area (Å²) in [5, 5.41) is 30.2. The Balaban J connectivity index is -0.000000245. The van der Waals surface area contributed by atoms with Gasteiger partial charge in [0.15, 0.2) is 0 Å². The summed E-state index contributed by atoms with van der Waals surface area (Å²) in [5.74, 6) is 0. The van der Waals surface area contributed by atoms with Gasteiger partial charge in [-0.2, -0.15) is 0 Å². The maximum absolute atomic E-state index is 10.1. The van der Waals surface area contributed by atoms with Crippen LogP contribution >= 0.6 is 0 Å². The molecule has 0 aromatic carbocycles. The topological polar surface area (TPSA) is 69.2 Å². The van der Waals surface area contributed by atoms with E-state index in [1.807, 2.05) is 0 Å². The van der Waals surface area contributed by atoms with Gasteiger partial charge in [0, 0.05) is 0 Å². The predicted molar refractivity (Wildman–Crippen MR) is 94.7 cm³/mol. The summed E-state index contributed by atoms with van der Waals surface area (Å²) in [6.45, 7) is 15.1. The molecule has 24 heavy (non-hydrogen) atoms. The fraction of sp³-hybridized carbons (Fsp3) is 0.500. The molecule has 0 aromatic rings. The van der Waals surface area contributed by atoms with Gasteiger partial charge in [-0.25, -0.2) is 0 Å². The van der Waals surface area contributed by atoms with Crippen molar-refractivity contribution in [1.29, 1.82) is 0 Å². The van der Waals surface area contributed by atoms with Crippen LogP contribution in [-0.4, -0.2) is 18.3 Å². The van der Waals surface area contributed by atoms with E-state index in [0.29, 0.717) is 19.3 Å². The van der Waals surface area contributed by atoms with Gasteiger partial charge in [-0.3, -0.25) is 0 Å². The SMILES string of the molecule is C=CCC(C)[O-].C=CCC(C)[O-].C=CCC(C)[O-].[Zr+3][C]1=CC=CC1. The summed E-state index contributed by atoms with van der Waals surface area (Å²) < 4.78 is 1.56. The summed E-state index contributed by atoms with van der Waals surface area (Å²) in [5.41, 5.74) is 0. The molecule has 0 aliphatic heterocycles. The number of hydrogen-bond donors (Lipinski definition) is 0. The van der Waals surface area contributed by atoms with Crippen molar-refractivity contribution in [3.63, 3.8) is 0 Å². The molecule has 134 valence electrons. The third-order valence-electron chi connectivity index (χ3n) is 2.27. The van der Waals surface area contributed by atoms with Crippen molar-refractivity contribution in [2.24, 2.45) is 0 Å². The molecular formula is C20H32O3Zr. The zero-order valence-electron chi connectivity index (χ0n) is 15.4. The Kier molecular flexibility index (Phi) is 26.5. The zero-order chi connectivity index (χ0) is 19.4. The van der Waals surface area contributed by atoms with Crippen molar-refractivity contribution in [2.75, 3.05) is 0 Å². The first kappa shape index (κ1) is 28.3. The van der Waals surface area contributed by atoms with Crippen LogP contribution in [-0.2, 0) is 24.7 Å². The van der Waals surface area contributed by atoms with Gasteiger partial charge in [0.2, 0.25) is 0 Å². The fourth-order valence-electron chi connectivity index (χ4n) is 1.15. The van der Waals surface area contributed by atoms with Crippen molar-refractivity contribution in [3.05, 3.63) is 59.5 Å². The van der Waals surface area contributed by atoms with Gasteiger partial charge >= 0.3 is 52.6 Å². The second kappa shape index (κ2) is 22.5. The van der Waals surface area contributed by atoms with Crippen molar-refractivity contribution in [2.45, 2.75) is 64.8 Å². The number of rotatable bonds is 6. The Morgan fingerprint density at radius 2 is 1.25 bits per heavy atom. The minimum atomic E-state index is -0.470. The van der Waals surface area contributed by atoms with E-state index in [1.165, 1.54) is 6.42 Å². The Morgan fingerprint density at radius 1 is 0.917 bits per heavy atom. The van der Waals surface area contributed by atoms with Crippen LogP contribution < -0.4 is 15.3 Å². The summed E-state index contributed by atoms with van der Waals surface area (Å²) in [7, 11) is 0. The molecule has 1 rings (SSSR count). The molecule has 1 aliphatic rings. The molecule has 0 amide bonds. The van der Waals surface area contributed by atoms with Crippen LogP contribution in [0.1, 0.15) is 46.5 Å². The van der Waals surface area contributed by atoms with Crippen LogP contribution in [0.25, 0.3) is 0 Å². The molecule has 3 atom stereocenters. The molecule has 3 nitrogen and oxygen atoms in total. The van der Waals surface area contributed by atoms with Crippen LogP contribution in [0.4, 0.5) is 0 Å². The monoisotopic (exact) mass is 410 g/mol. The summed E-state index contributed by atoms with van der Waals surface area (Å²) >= 11 is 1.56. The first-order valence-corrected chi connectivity index (χ1v) is 9.31. The Labute approximate surface area is 164 Å². The molecule has 0 N–H and O–H groups in total. The van der Waals surface area contributed by atoms with E-state index in [2.05, 4.69) is 38.0 Å². The van der Waals surface area contributed by atoms with Crippen LogP contribution in [0.2, 0.25) is 0 Å². The van der Waals surface area contributed by atoms with E-state index in [1.54, 1.807) is 67.0 Å². The van der Waals surface area contributed by atoms with E-state index < -0.39 is 18.3 Å². The van der Waals surface area contributed by atoms with Crippen molar-refractivity contribution in [1.82, 2.24) is 0 Å². The quantitative estimate of drug-likeness (QED) is 0.630. The van der Waals surface area contributed by atoms with E-state index >= 15 is 0 Å². The Bertz CT molecular complexity index is 323. The van der Waals surface area contributed by atoms with Gasteiger partial charge in [0.1, 0.15) is 0 Å². The third kappa shape index (κ3) is 37.6. The summed E-state index contributed by atoms with van der Waals surface area (Å²) in [6.07, 6.45) is 12.9. The van der Waals surface area contributed by atoms with Crippen LogP contribution in [0, 0.1) is 0 Å². The average molecular weight is 412 g/mol. The molecule has 0 fully saturated rings. The van der Waals surface area contributed by atoms with Gasteiger partial charge in [-0.15, -0.1) is 38.0 Å². The molecule has 0 heterocycles. The Morgan fingerprint density at radius 3 is 1.29 bits per heavy atom. The zero-order valence-corrected chi connectivity index (χ0v) is 17.8. The molecule has 4 heteroatoms. The third-order valence-corrected chi connectivity index (χ3v) is 3.18. The first-order chi connectivity index (χ1) is 11.2. The molecule has 1 aliphatic carbocycles. The molecular weight excluding hydrogens is 379 g/mol. The molecule has 0 saturated heterocycles. The van der Waals surface area contributed by atoms with Gasteiger partial charge in [0.25, 0.3) is 0 Å². The molecule has 0 aromatic heterocycles. The van der Waals surface area contributed by atoms with Crippen LogP contribution in [0.3, 0.4) is 0 Å². The Hall–Kier alpha value is -0.537. The molecule has 0 saturated carbocycles.